The van der Waals surface area contributed by atoms with Crippen LogP contribution >= 0.6 is 0 Å². The summed E-state index contributed by atoms with van der Waals surface area (Å²) in [5.41, 5.74) is 0.796. The molecule has 1 aliphatic rings. The number of allylic oxidation sites excluding steroid dienone is 2. The second kappa shape index (κ2) is 7.87. The maximum Gasteiger partial charge on any atom is 0.302 e. The molecule has 1 rings (SSSR count). The van der Waals surface area contributed by atoms with E-state index in [9.17, 15) is 9.59 Å². The summed E-state index contributed by atoms with van der Waals surface area (Å²) in [5.74, 6) is 2.57. The number of ether oxygens (including phenoxy) is 2. The van der Waals surface area contributed by atoms with Crippen molar-refractivity contribution in [2.45, 2.75) is 46.5 Å². The zero-order valence-electron chi connectivity index (χ0n) is 13.1. The third kappa shape index (κ3) is 6.48. The van der Waals surface area contributed by atoms with Gasteiger partial charge in [0.05, 0.1) is 5.41 Å². The van der Waals surface area contributed by atoms with E-state index in [0.29, 0.717) is 18.8 Å². The van der Waals surface area contributed by atoms with Crippen LogP contribution in [0.5, 0.6) is 0 Å². The van der Waals surface area contributed by atoms with E-state index < -0.39 is 5.41 Å². The second-order valence-corrected chi connectivity index (χ2v) is 5.87. The summed E-state index contributed by atoms with van der Waals surface area (Å²) in [4.78, 5) is 22.2. The second-order valence-electron chi connectivity index (χ2n) is 5.87. The van der Waals surface area contributed by atoms with Gasteiger partial charge in [-0.15, -0.1) is 12.3 Å². The molecule has 0 N–H and O–H groups in total. The van der Waals surface area contributed by atoms with Crippen LogP contribution < -0.4 is 0 Å². The molecule has 1 saturated carbocycles. The topological polar surface area (TPSA) is 52.6 Å². The molecule has 0 bridgehead atoms. The largest absolute Gasteiger partial charge is 0.465 e. The summed E-state index contributed by atoms with van der Waals surface area (Å²) < 4.78 is 10.3. The smallest absolute Gasteiger partial charge is 0.302 e. The minimum absolute atomic E-state index is 0.161. The van der Waals surface area contributed by atoms with Gasteiger partial charge in [-0.1, -0.05) is 11.6 Å². The minimum Gasteiger partial charge on any atom is -0.465 e. The van der Waals surface area contributed by atoms with Crippen molar-refractivity contribution in [3.63, 3.8) is 0 Å². The lowest BCUT2D eigenvalue weighted by atomic mass is 9.82. The van der Waals surface area contributed by atoms with Gasteiger partial charge < -0.3 is 9.47 Å². The van der Waals surface area contributed by atoms with Gasteiger partial charge in [0.15, 0.2) is 0 Å². The maximum absolute atomic E-state index is 11.1. The van der Waals surface area contributed by atoms with Gasteiger partial charge in [0.1, 0.15) is 13.2 Å². The van der Waals surface area contributed by atoms with Gasteiger partial charge in [-0.05, 0) is 32.1 Å². The normalized spacial score (nSPS) is 15.2. The third-order valence-corrected chi connectivity index (χ3v) is 3.72. The molecule has 1 aliphatic carbocycles. The zero-order valence-corrected chi connectivity index (χ0v) is 13.1. The monoisotopic (exact) mass is 292 g/mol. The van der Waals surface area contributed by atoms with Crippen LogP contribution in [0, 0.1) is 23.7 Å². The fraction of sp³-hybridized carbons (Fsp3) is 0.647. The van der Waals surface area contributed by atoms with Crippen molar-refractivity contribution in [3.8, 4) is 12.3 Å². The predicted molar refractivity (Wildman–Crippen MR) is 80.2 cm³/mol. The Labute approximate surface area is 126 Å². The average molecular weight is 292 g/mol. The molecule has 0 aromatic carbocycles. The molecule has 0 saturated heterocycles. The summed E-state index contributed by atoms with van der Waals surface area (Å²) >= 11 is 0. The number of hydrogen-bond donors (Lipinski definition) is 0. The number of hydrogen-bond acceptors (Lipinski definition) is 4. The third-order valence-electron chi connectivity index (χ3n) is 3.72. The summed E-state index contributed by atoms with van der Waals surface area (Å²) in [6.07, 6.45) is 11.1. The van der Waals surface area contributed by atoms with Crippen molar-refractivity contribution in [1.82, 2.24) is 0 Å². The molecule has 0 aliphatic heterocycles. The summed E-state index contributed by atoms with van der Waals surface area (Å²) in [6.45, 7) is 5.15. The first-order valence-electron chi connectivity index (χ1n) is 7.25. The molecule has 0 radical (unpaired) electrons. The van der Waals surface area contributed by atoms with Crippen LogP contribution in [0.25, 0.3) is 0 Å². The Bertz CT molecular complexity index is 434. The molecule has 0 unspecified atom stereocenters. The zero-order chi connectivity index (χ0) is 15.9. The van der Waals surface area contributed by atoms with Gasteiger partial charge in [0, 0.05) is 20.3 Å². The number of rotatable bonds is 8. The SMILES string of the molecule is C#CCC(C/C=C(\C)C1CC1)(COC(C)=O)COC(C)=O. The van der Waals surface area contributed by atoms with Crippen molar-refractivity contribution >= 4 is 11.9 Å². The molecule has 0 heterocycles. The van der Waals surface area contributed by atoms with Gasteiger partial charge in [-0.2, -0.15) is 0 Å². The van der Waals surface area contributed by atoms with Crippen LogP contribution in [0.4, 0.5) is 0 Å². The number of terminal acetylenes is 1. The van der Waals surface area contributed by atoms with Gasteiger partial charge >= 0.3 is 11.9 Å². The quantitative estimate of drug-likeness (QED) is 0.392. The van der Waals surface area contributed by atoms with Crippen molar-refractivity contribution < 1.29 is 19.1 Å². The standard InChI is InChI=1S/C17H24O4/c1-5-9-17(11-20-14(3)18,12-21-15(4)19)10-8-13(2)16-6-7-16/h1,8,16H,6-7,9-12H2,2-4H3/b13-8+. The van der Waals surface area contributed by atoms with E-state index in [-0.39, 0.29) is 25.2 Å². The van der Waals surface area contributed by atoms with Gasteiger partial charge in [0.25, 0.3) is 0 Å². The fourth-order valence-electron chi connectivity index (χ4n) is 2.14. The first-order valence-corrected chi connectivity index (χ1v) is 7.25. The van der Waals surface area contributed by atoms with Crippen molar-refractivity contribution in [3.05, 3.63) is 11.6 Å². The van der Waals surface area contributed by atoms with E-state index in [1.54, 1.807) is 0 Å². The molecule has 0 spiro atoms. The summed E-state index contributed by atoms with van der Waals surface area (Å²) in [6, 6.07) is 0. The molecule has 4 heteroatoms. The van der Waals surface area contributed by atoms with Gasteiger partial charge in [-0.3, -0.25) is 9.59 Å². The predicted octanol–water partition coefficient (Wildman–Crippen LogP) is 2.87. The number of carbonyl (C=O) groups is 2. The highest BCUT2D eigenvalue weighted by Gasteiger charge is 2.32. The Balaban J connectivity index is 2.80. The van der Waals surface area contributed by atoms with Crippen LogP contribution in [0.1, 0.15) is 46.5 Å². The highest BCUT2D eigenvalue weighted by atomic mass is 16.5. The minimum atomic E-state index is -0.539. The average Bonchev–Trinajstić information content (AvgIpc) is 3.24. The Kier molecular flexibility index (Phi) is 6.48. The van der Waals surface area contributed by atoms with Crippen LogP contribution in [-0.4, -0.2) is 25.2 Å². The summed E-state index contributed by atoms with van der Waals surface area (Å²) in [5, 5.41) is 0. The van der Waals surface area contributed by atoms with E-state index >= 15 is 0 Å². The first-order chi connectivity index (χ1) is 9.88. The molecule has 0 amide bonds. The molecule has 0 atom stereocenters. The molecule has 0 aromatic rings. The number of carbonyl (C=O) groups excluding carboxylic acids is 2. The highest BCUT2D eigenvalue weighted by molar-refractivity contribution is 5.66. The van der Waals surface area contributed by atoms with Crippen LogP contribution in [-0.2, 0) is 19.1 Å². The Hall–Kier alpha value is -1.76. The molecular formula is C17H24O4. The first kappa shape index (κ1) is 17.3. The van der Waals surface area contributed by atoms with E-state index in [1.165, 1.54) is 32.3 Å². The van der Waals surface area contributed by atoms with Gasteiger partial charge in [-0.25, -0.2) is 0 Å². The van der Waals surface area contributed by atoms with E-state index in [1.807, 2.05) is 0 Å². The maximum atomic E-state index is 11.1. The van der Waals surface area contributed by atoms with Crippen LogP contribution in [0.15, 0.2) is 11.6 Å². The van der Waals surface area contributed by atoms with Gasteiger partial charge in [0.2, 0.25) is 0 Å². The lowest BCUT2D eigenvalue weighted by molar-refractivity contribution is -0.151. The lowest BCUT2D eigenvalue weighted by Crippen LogP contribution is -2.33. The van der Waals surface area contributed by atoms with E-state index in [4.69, 9.17) is 15.9 Å². The lowest BCUT2D eigenvalue weighted by Gasteiger charge is -2.30. The van der Waals surface area contributed by atoms with Crippen molar-refractivity contribution in [2.75, 3.05) is 13.2 Å². The molecule has 116 valence electrons. The number of esters is 2. The van der Waals surface area contributed by atoms with Crippen LogP contribution in [0.2, 0.25) is 0 Å². The highest BCUT2D eigenvalue weighted by Crippen LogP contribution is 2.38. The van der Waals surface area contributed by atoms with Crippen molar-refractivity contribution in [1.29, 1.82) is 0 Å². The van der Waals surface area contributed by atoms with E-state index in [2.05, 4.69) is 18.9 Å². The molecule has 0 aromatic heterocycles. The van der Waals surface area contributed by atoms with E-state index in [0.717, 1.165) is 0 Å². The molecule has 1 fully saturated rings. The fourth-order valence-corrected chi connectivity index (χ4v) is 2.14. The van der Waals surface area contributed by atoms with Crippen LogP contribution in [0.3, 0.4) is 0 Å². The Morgan fingerprint density at radius 2 is 1.71 bits per heavy atom. The molecule has 4 nitrogen and oxygen atoms in total. The summed E-state index contributed by atoms with van der Waals surface area (Å²) in [7, 11) is 0. The molecule has 21 heavy (non-hydrogen) atoms. The molecular weight excluding hydrogens is 268 g/mol. The van der Waals surface area contributed by atoms with Crippen molar-refractivity contribution in [2.24, 2.45) is 11.3 Å². The Morgan fingerprint density at radius 1 is 1.19 bits per heavy atom. The Morgan fingerprint density at radius 3 is 2.10 bits per heavy atom.